The van der Waals surface area contributed by atoms with E-state index in [0.29, 0.717) is 11.4 Å². The predicted octanol–water partition coefficient (Wildman–Crippen LogP) is 4.04. The van der Waals surface area contributed by atoms with Gasteiger partial charge in [0.1, 0.15) is 0 Å². The number of rotatable bonds is 3. The molecule has 0 aliphatic rings. The molecule has 0 fully saturated rings. The molecule has 0 atom stereocenters. The maximum atomic E-state index is 12.3. The monoisotopic (exact) mass is 321 g/mol. The molecule has 3 rings (SSSR count). The number of carbonyl (C=O) groups is 1. The highest BCUT2D eigenvalue weighted by Crippen LogP contribution is 2.24. The van der Waals surface area contributed by atoms with Gasteiger partial charge in [0.2, 0.25) is 0 Å². The Hall–Kier alpha value is -3.15. The Labute approximate surface area is 140 Å². The van der Waals surface area contributed by atoms with E-state index in [1.165, 1.54) is 0 Å². The normalized spacial score (nSPS) is 10.5. The van der Waals surface area contributed by atoms with Crippen molar-refractivity contribution in [2.24, 2.45) is 0 Å². The van der Waals surface area contributed by atoms with Crippen LogP contribution in [0, 0.1) is 20.8 Å². The summed E-state index contributed by atoms with van der Waals surface area (Å²) in [6.07, 6.45) is 1.80. The van der Waals surface area contributed by atoms with Gasteiger partial charge in [-0.15, -0.1) is 0 Å². The highest BCUT2D eigenvalue weighted by atomic mass is 16.2. The molecule has 2 heterocycles. The Kier molecular flexibility index (Phi) is 4.29. The van der Waals surface area contributed by atoms with Crippen LogP contribution >= 0.6 is 0 Å². The number of pyridine rings is 1. The standard InChI is InChI=1S/C18H19N5O/c1-11-16(9-15(10-19-11)14-7-5-4-6-8-14)20-18(24)21-17-12(2)22-23-13(17)3/h4-10H,1-3H3,(H,22,23)(H2,20,21,24). The molecule has 122 valence electrons. The van der Waals surface area contributed by atoms with Crippen LogP contribution in [0.3, 0.4) is 0 Å². The maximum Gasteiger partial charge on any atom is 0.323 e. The van der Waals surface area contributed by atoms with Crippen LogP contribution in [0.25, 0.3) is 11.1 Å². The number of hydrogen-bond donors (Lipinski definition) is 3. The van der Waals surface area contributed by atoms with Crippen LogP contribution in [0.2, 0.25) is 0 Å². The van der Waals surface area contributed by atoms with E-state index in [1.54, 1.807) is 6.20 Å². The van der Waals surface area contributed by atoms with Crippen molar-refractivity contribution < 1.29 is 4.79 Å². The molecule has 0 saturated carbocycles. The van der Waals surface area contributed by atoms with E-state index >= 15 is 0 Å². The van der Waals surface area contributed by atoms with E-state index in [4.69, 9.17) is 0 Å². The fraction of sp³-hybridized carbons (Fsp3) is 0.167. The van der Waals surface area contributed by atoms with Gasteiger partial charge in [0.05, 0.1) is 28.5 Å². The van der Waals surface area contributed by atoms with Crippen LogP contribution in [0.5, 0.6) is 0 Å². The molecule has 6 heteroatoms. The largest absolute Gasteiger partial charge is 0.323 e. The SMILES string of the molecule is Cc1ncc(-c2ccccc2)cc1NC(=O)Nc1c(C)n[nH]c1C. The van der Waals surface area contributed by atoms with Gasteiger partial charge < -0.3 is 10.6 Å². The third-order valence-corrected chi connectivity index (χ3v) is 3.81. The van der Waals surface area contributed by atoms with E-state index in [2.05, 4.69) is 25.8 Å². The van der Waals surface area contributed by atoms with E-state index < -0.39 is 0 Å². The molecular formula is C18H19N5O. The zero-order valence-corrected chi connectivity index (χ0v) is 13.8. The number of aromatic nitrogens is 3. The summed E-state index contributed by atoms with van der Waals surface area (Å²) in [6.45, 7) is 5.55. The lowest BCUT2D eigenvalue weighted by molar-refractivity contribution is 0.262. The van der Waals surface area contributed by atoms with E-state index in [1.807, 2.05) is 57.2 Å². The van der Waals surface area contributed by atoms with Crippen LogP contribution in [-0.4, -0.2) is 21.2 Å². The molecule has 0 unspecified atom stereocenters. The van der Waals surface area contributed by atoms with Crippen LogP contribution in [-0.2, 0) is 0 Å². The van der Waals surface area contributed by atoms with Crippen LogP contribution in [0.1, 0.15) is 17.1 Å². The zero-order valence-electron chi connectivity index (χ0n) is 13.8. The van der Waals surface area contributed by atoms with Crippen LogP contribution in [0.15, 0.2) is 42.6 Å². The lowest BCUT2D eigenvalue weighted by Crippen LogP contribution is -2.21. The van der Waals surface area contributed by atoms with Crippen LogP contribution in [0.4, 0.5) is 16.2 Å². The Morgan fingerprint density at radius 1 is 1.00 bits per heavy atom. The molecule has 0 saturated heterocycles. The Balaban J connectivity index is 1.81. The fourth-order valence-electron chi connectivity index (χ4n) is 2.45. The van der Waals surface area contributed by atoms with Gasteiger partial charge in [-0.2, -0.15) is 5.10 Å². The Morgan fingerprint density at radius 3 is 2.42 bits per heavy atom. The second-order valence-corrected chi connectivity index (χ2v) is 5.61. The van der Waals surface area contributed by atoms with Gasteiger partial charge in [-0.3, -0.25) is 10.1 Å². The van der Waals surface area contributed by atoms with Crippen LogP contribution < -0.4 is 10.6 Å². The number of benzene rings is 1. The highest BCUT2D eigenvalue weighted by molar-refractivity contribution is 6.01. The molecule has 24 heavy (non-hydrogen) atoms. The summed E-state index contributed by atoms with van der Waals surface area (Å²) in [5, 5.41) is 12.6. The van der Waals surface area contributed by atoms with Gasteiger partial charge in [0.15, 0.2) is 0 Å². The molecule has 0 spiro atoms. The Morgan fingerprint density at radius 2 is 1.75 bits per heavy atom. The van der Waals surface area contributed by atoms with Crippen molar-refractivity contribution in [3.63, 3.8) is 0 Å². The number of nitrogens with one attached hydrogen (secondary N) is 3. The lowest BCUT2D eigenvalue weighted by Gasteiger charge is -2.11. The average Bonchev–Trinajstić information content (AvgIpc) is 2.89. The van der Waals surface area contributed by atoms with Crippen molar-refractivity contribution in [2.45, 2.75) is 20.8 Å². The minimum Gasteiger partial charge on any atom is -0.306 e. The number of H-pyrrole nitrogens is 1. The number of hydrogen-bond acceptors (Lipinski definition) is 3. The summed E-state index contributed by atoms with van der Waals surface area (Å²) in [7, 11) is 0. The molecule has 2 aromatic heterocycles. The number of aryl methyl sites for hydroxylation is 3. The minimum atomic E-state index is -0.322. The van der Waals surface area contributed by atoms with Gasteiger partial charge in [0.25, 0.3) is 0 Å². The fourth-order valence-corrected chi connectivity index (χ4v) is 2.45. The molecular weight excluding hydrogens is 302 g/mol. The average molecular weight is 321 g/mol. The molecule has 0 radical (unpaired) electrons. The molecule has 0 bridgehead atoms. The number of nitrogens with zero attached hydrogens (tertiary/aromatic N) is 2. The summed E-state index contributed by atoms with van der Waals surface area (Å²) in [6, 6.07) is 11.5. The molecule has 0 aliphatic heterocycles. The van der Waals surface area contributed by atoms with Crippen molar-refractivity contribution in [2.75, 3.05) is 10.6 Å². The number of anilines is 2. The summed E-state index contributed by atoms with van der Waals surface area (Å²) in [5.41, 5.74) is 5.68. The molecule has 6 nitrogen and oxygen atoms in total. The summed E-state index contributed by atoms with van der Waals surface area (Å²) in [5.74, 6) is 0. The van der Waals surface area contributed by atoms with Gasteiger partial charge in [-0.25, -0.2) is 4.79 Å². The second-order valence-electron chi connectivity index (χ2n) is 5.61. The first-order valence-electron chi connectivity index (χ1n) is 7.66. The van der Waals surface area contributed by atoms with Crippen molar-refractivity contribution in [3.05, 3.63) is 59.7 Å². The first-order chi connectivity index (χ1) is 11.5. The van der Waals surface area contributed by atoms with Crippen molar-refractivity contribution >= 4 is 17.4 Å². The van der Waals surface area contributed by atoms with Crippen molar-refractivity contribution in [1.29, 1.82) is 0 Å². The molecule has 1 aromatic carbocycles. The number of urea groups is 1. The minimum absolute atomic E-state index is 0.322. The van der Waals surface area contributed by atoms with Gasteiger partial charge in [0, 0.05) is 11.8 Å². The van der Waals surface area contributed by atoms with Gasteiger partial charge >= 0.3 is 6.03 Å². The highest BCUT2D eigenvalue weighted by Gasteiger charge is 2.12. The lowest BCUT2D eigenvalue weighted by atomic mass is 10.1. The number of amides is 2. The van der Waals surface area contributed by atoms with Crippen molar-refractivity contribution in [1.82, 2.24) is 15.2 Å². The van der Waals surface area contributed by atoms with E-state index in [9.17, 15) is 4.79 Å². The smallest absolute Gasteiger partial charge is 0.306 e. The third-order valence-electron chi connectivity index (χ3n) is 3.81. The number of aromatic amines is 1. The van der Waals surface area contributed by atoms with E-state index in [0.717, 1.165) is 28.2 Å². The molecule has 3 N–H and O–H groups in total. The zero-order chi connectivity index (χ0) is 17.1. The molecule has 2 amide bonds. The summed E-state index contributed by atoms with van der Waals surface area (Å²) >= 11 is 0. The van der Waals surface area contributed by atoms with Crippen molar-refractivity contribution in [3.8, 4) is 11.1 Å². The summed E-state index contributed by atoms with van der Waals surface area (Å²) in [4.78, 5) is 16.7. The summed E-state index contributed by atoms with van der Waals surface area (Å²) < 4.78 is 0. The quantitative estimate of drug-likeness (QED) is 0.681. The Bertz CT molecular complexity index is 851. The first kappa shape index (κ1) is 15.7. The second kappa shape index (κ2) is 6.54. The molecule has 3 aromatic rings. The molecule has 0 aliphatic carbocycles. The first-order valence-corrected chi connectivity index (χ1v) is 7.66. The van der Waals surface area contributed by atoms with Gasteiger partial charge in [-0.05, 0) is 32.4 Å². The number of carbonyl (C=O) groups excluding carboxylic acids is 1. The topological polar surface area (TPSA) is 82.7 Å². The van der Waals surface area contributed by atoms with E-state index in [-0.39, 0.29) is 6.03 Å². The predicted molar refractivity (Wildman–Crippen MR) is 95.1 cm³/mol. The third kappa shape index (κ3) is 3.27. The maximum absolute atomic E-state index is 12.3. The van der Waals surface area contributed by atoms with Gasteiger partial charge in [-0.1, -0.05) is 30.3 Å².